The Kier molecular flexibility index (Phi) is 25.9. The smallest absolute Gasteiger partial charge is 0.322 e. The average Bonchev–Trinajstić information content (AvgIpc) is 1.43. The highest BCUT2D eigenvalue weighted by Gasteiger charge is 2.66. The minimum atomic E-state index is -1.18. The first-order valence-corrected chi connectivity index (χ1v) is 42.9. The SMILES string of the molecule is CC#CC#CC#CC#CC#CC#CC#CC#CC#CC#CC#CC#CC#CC#CC#CC#CC#CC#CC#CC#CC#CC#CC#CC#CC#CC#CC#CC#CC#CC.COc1ccccc1C1N(c2c(F)cccc2F)CC2c3cc4c5c6c(cc7cc8c9c%10c%11c%12c%13c%14c%15c(c%16c3c5c(c%16%13)c3c6c7c9c%123)C21CC%15C=C(C=C%10C8)C%14%11)C4.COc1ccccc1C=O.O=C(O)CNc1c(F)cccc1F. The van der Waals surface area contributed by atoms with Gasteiger partial charge in [-0.2, -0.15) is 0 Å². The van der Waals surface area contributed by atoms with Gasteiger partial charge in [-0.25, -0.2) is 17.6 Å². The van der Waals surface area contributed by atoms with Gasteiger partial charge in [0, 0.05) is 272 Å². The molecule has 1 saturated heterocycles. The number of carboxylic acid groups (broad SMARTS) is 1. The molecule has 7 nitrogen and oxygen atoms in total. The van der Waals surface area contributed by atoms with Crippen LogP contribution in [0, 0.1) is 367 Å². The Bertz CT molecular complexity index is 9840. The van der Waals surface area contributed by atoms with Gasteiger partial charge in [-0.3, -0.25) is 9.59 Å². The first-order valence-electron chi connectivity index (χ1n) is 42.9. The van der Waals surface area contributed by atoms with Crippen LogP contribution in [0.15, 0.2) is 121 Å². The third kappa shape index (κ3) is 16.9. The van der Waals surface area contributed by atoms with Gasteiger partial charge in [-0.15, -0.1) is 0 Å². The maximum absolute atomic E-state index is 16.5. The van der Waals surface area contributed by atoms with E-state index in [1.165, 1.54) is 122 Å². The number of benzene rings is 11. The van der Waals surface area contributed by atoms with Crippen LogP contribution in [0.1, 0.15) is 110 Å². The third-order valence-corrected chi connectivity index (χ3v) is 24.2. The predicted octanol–water partition coefficient (Wildman–Crippen LogP) is 16.8. The summed E-state index contributed by atoms with van der Waals surface area (Å²) in [5.74, 6) is 144. The zero-order valence-corrected chi connectivity index (χ0v) is 74.4. The molecule has 11 heteroatoms. The van der Waals surface area contributed by atoms with Crippen LogP contribution in [-0.2, 0) is 23.1 Å². The normalized spacial score (nSPS) is 13.8. The average molecular weight is 1790 g/mol. The first-order chi connectivity index (χ1) is 69.5. The summed E-state index contributed by atoms with van der Waals surface area (Å²) in [5, 5.41) is 34.5. The van der Waals surface area contributed by atoms with E-state index in [1.54, 1.807) is 95.5 Å². The van der Waals surface area contributed by atoms with Gasteiger partial charge in [-0.05, 0) is 318 Å². The molecular weight excluding hydrogens is 1750 g/mol. The van der Waals surface area contributed by atoms with Gasteiger partial charge in [0.2, 0.25) is 0 Å². The predicted molar refractivity (Wildman–Crippen MR) is 546 cm³/mol. The lowest BCUT2D eigenvalue weighted by atomic mass is 9.60. The number of carboxylic acids is 1. The van der Waals surface area contributed by atoms with Gasteiger partial charge < -0.3 is 24.8 Å². The minimum Gasteiger partial charge on any atom is -0.496 e. The Labute approximate surface area is 811 Å². The van der Waals surface area contributed by atoms with E-state index in [2.05, 4.69) is 396 Å². The molecule has 7 aliphatic carbocycles. The van der Waals surface area contributed by atoms with Gasteiger partial charge in [0.05, 0.1) is 25.8 Å². The topological polar surface area (TPSA) is 88.1 Å². The van der Waals surface area contributed by atoms with Gasteiger partial charge in [0.1, 0.15) is 52.7 Å². The quantitative estimate of drug-likeness (QED) is 0.0678. The lowest BCUT2D eigenvalue weighted by Crippen LogP contribution is -2.38. The van der Waals surface area contributed by atoms with Crippen molar-refractivity contribution in [2.45, 2.75) is 62.3 Å². The molecule has 8 aliphatic rings. The van der Waals surface area contributed by atoms with Crippen molar-refractivity contribution in [2.24, 2.45) is 0 Å². The van der Waals surface area contributed by atoms with Crippen LogP contribution >= 0.6 is 0 Å². The standard InChI is InChI=1S/C60H6.C54H27F2NO.C8H7F2NO2.C8H8O2/c1-3-5-7-9-11-13-15-17-19-21-23-25-27-29-31-33-35-37-39-41-43-45-47-49-51-53-55-57-59-60-58-56-54-52-50-48-46-44-42-40-38-36-34-32-30-28-26-24-22-20-18-16-14-12-10-8-6-4-2;1-58-30-8-3-2-5-25(30)53-54-16-24-14-22-12-19-9-18-10-21-11-20-13-23-15-26(27(54)17-57(53)52-28(55)6-4-7-29(52)56)38-43-34(23)33(20)40-35(21)39-31(18)32(19)41-36(22)42-37(24)51(54)50(38)49-47(42)45(41)44(39)46(40)48(43)49;9-5-2-1-3-6(10)8(5)11-4-7(12)13;1-10-8-5-3-2-4-7(8)6-9/h1-2H3;2-8,10-12,14-15,24,27,36,53H,9,13,16-17H2,1H3;1-3,11H,4H2,(H,12,13);2-6H,1H3. The van der Waals surface area contributed by atoms with Crippen LogP contribution in [-0.4, -0.2) is 44.7 Å². The van der Waals surface area contributed by atoms with E-state index in [1.807, 2.05) is 18.2 Å². The summed E-state index contributed by atoms with van der Waals surface area (Å²) >= 11 is 0. The summed E-state index contributed by atoms with van der Waals surface area (Å²) in [4.78, 5) is 22.5. The van der Waals surface area contributed by atoms with Crippen molar-refractivity contribution in [3.8, 4) is 355 Å². The van der Waals surface area contributed by atoms with E-state index in [0.717, 1.165) is 49.0 Å². The molecule has 141 heavy (non-hydrogen) atoms. The van der Waals surface area contributed by atoms with Crippen molar-refractivity contribution in [1.82, 2.24) is 0 Å². The monoisotopic (exact) mass is 1790 g/mol. The van der Waals surface area contributed by atoms with Crippen molar-refractivity contribution in [1.29, 1.82) is 0 Å². The molecule has 0 aromatic heterocycles. The number of hydrogen-bond donors (Lipinski definition) is 2. The summed E-state index contributed by atoms with van der Waals surface area (Å²) in [6, 6.07) is 30.5. The zero-order valence-electron chi connectivity index (χ0n) is 74.4. The Balaban J connectivity index is 0.000000152. The molecule has 0 radical (unpaired) electrons. The fraction of sp³-hybridized carbons (Fsp3) is 0.108. The lowest BCUT2D eigenvalue weighted by Gasteiger charge is -2.43. The van der Waals surface area contributed by atoms with E-state index in [4.69, 9.17) is 14.6 Å². The van der Waals surface area contributed by atoms with Crippen LogP contribution in [0.3, 0.4) is 0 Å². The summed E-state index contributed by atoms with van der Waals surface area (Å²) in [5.41, 5.74) is 17.4. The molecule has 0 amide bonds. The number of anilines is 2. The van der Waals surface area contributed by atoms with Crippen LogP contribution in [0.25, 0.3) is 91.8 Å². The van der Waals surface area contributed by atoms with E-state index in [9.17, 15) is 18.4 Å². The number of para-hydroxylation sites is 4. The number of halogens is 4. The number of nitrogens with zero attached hydrogens (tertiary/aromatic N) is 1. The number of methoxy groups -OCH3 is 2. The second-order valence-corrected chi connectivity index (χ2v) is 31.1. The Morgan fingerprint density at radius 3 is 1.21 bits per heavy atom. The van der Waals surface area contributed by atoms with E-state index in [-0.39, 0.29) is 29.5 Å². The molecule has 1 spiro atoms. The fourth-order valence-corrected chi connectivity index (χ4v) is 20.2. The molecule has 2 N–H and O–H groups in total. The zero-order chi connectivity index (χ0) is 97.1. The van der Waals surface area contributed by atoms with Crippen LogP contribution in [0.2, 0.25) is 0 Å². The van der Waals surface area contributed by atoms with E-state index < -0.39 is 46.9 Å². The molecule has 21 rings (SSSR count). The number of carbonyl (C=O) groups is 2. The number of aliphatic carboxylic acids is 1. The van der Waals surface area contributed by atoms with Gasteiger partial charge in [0.25, 0.3) is 0 Å². The number of carbonyl (C=O) groups excluding carboxylic acids is 1. The number of ether oxygens (including phenoxy) is 2. The van der Waals surface area contributed by atoms with Crippen molar-refractivity contribution in [3.63, 3.8) is 0 Å². The number of fused-ring (bicyclic) bond motifs is 1. The molecule has 5 atom stereocenters. The van der Waals surface area contributed by atoms with Crippen molar-refractivity contribution in [3.05, 3.63) is 205 Å². The molecule has 1 aliphatic heterocycles. The molecule has 5 unspecified atom stereocenters. The second-order valence-electron chi connectivity index (χ2n) is 31.1. The maximum Gasteiger partial charge on any atom is 0.322 e. The Hall–Kier alpha value is -22.0. The largest absolute Gasteiger partial charge is 0.496 e. The van der Waals surface area contributed by atoms with Crippen LogP contribution in [0.4, 0.5) is 28.9 Å². The molecular formula is C130H48F4N2O5. The summed E-state index contributed by atoms with van der Waals surface area (Å²) in [7, 11) is 3.29. The molecule has 13 aromatic carbocycles. The number of hydrogen-bond acceptors (Lipinski definition) is 6. The Morgan fingerprint density at radius 2 is 0.780 bits per heavy atom. The van der Waals surface area contributed by atoms with Crippen LogP contribution < -0.4 is 19.7 Å². The van der Waals surface area contributed by atoms with E-state index >= 15 is 8.78 Å². The molecule has 0 saturated carbocycles. The summed E-state index contributed by atoms with van der Waals surface area (Å²) in [6.45, 7) is 3.38. The number of allylic oxidation sites excluding steroid dienone is 4. The van der Waals surface area contributed by atoms with Crippen molar-refractivity contribution >= 4 is 115 Å². The molecule has 636 valence electrons. The molecule has 1 fully saturated rings. The maximum atomic E-state index is 16.5. The minimum absolute atomic E-state index is 0.0202. The summed E-state index contributed by atoms with van der Waals surface area (Å²) < 4.78 is 69.8. The molecule has 13 aromatic rings. The van der Waals surface area contributed by atoms with Gasteiger partial charge >= 0.3 is 5.97 Å². The van der Waals surface area contributed by atoms with Gasteiger partial charge in [0.15, 0.2) is 6.29 Å². The lowest BCUT2D eigenvalue weighted by molar-refractivity contribution is -0.134. The molecule has 0 bridgehead atoms. The third-order valence-electron chi connectivity index (χ3n) is 24.2. The number of nitrogens with one attached hydrogen (secondary N) is 1. The highest BCUT2D eigenvalue weighted by atomic mass is 19.1. The number of aldehydes is 1. The second kappa shape index (κ2) is 40.8. The van der Waals surface area contributed by atoms with Crippen LogP contribution in [0.5, 0.6) is 11.5 Å². The van der Waals surface area contributed by atoms with E-state index in [0.29, 0.717) is 17.9 Å². The summed E-state index contributed by atoms with van der Waals surface area (Å²) in [6.07, 6.45) is 8.88. The van der Waals surface area contributed by atoms with Gasteiger partial charge in [-0.1, -0.05) is 84.7 Å². The van der Waals surface area contributed by atoms with Crippen molar-refractivity contribution in [2.75, 3.05) is 37.5 Å². The first kappa shape index (κ1) is 89.6. The van der Waals surface area contributed by atoms with Crippen molar-refractivity contribution < 1.29 is 41.7 Å². The highest BCUT2D eigenvalue weighted by molar-refractivity contribution is 6.59. The fourth-order valence-electron chi connectivity index (χ4n) is 20.2. The highest BCUT2D eigenvalue weighted by Crippen LogP contribution is 2.78. The number of rotatable bonds is 8. The molecule has 1 heterocycles. The Morgan fingerprint density at radius 1 is 0.404 bits per heavy atom.